The van der Waals surface area contributed by atoms with Gasteiger partial charge in [-0.25, -0.2) is 31.1 Å². The van der Waals surface area contributed by atoms with E-state index >= 15 is 0 Å². The molecule has 0 saturated heterocycles. The molecule has 4 aliphatic rings. The molecular formula is C115H131Cl2F6N5O10. The van der Waals surface area contributed by atoms with Gasteiger partial charge < -0.3 is 47.8 Å². The molecule has 12 aromatic rings. The number of carboxylic acid groups (broad SMARTS) is 1. The zero-order valence-electron chi connectivity index (χ0n) is 79.0. The van der Waals surface area contributed by atoms with Gasteiger partial charge in [0.1, 0.15) is 34.9 Å². The monoisotopic (exact) mass is 1930 g/mol. The first kappa shape index (κ1) is 113. The second-order valence-electron chi connectivity index (χ2n) is 35.0. The molecule has 4 fully saturated rings. The molecule has 0 aromatic heterocycles. The Kier molecular flexibility index (Phi) is 50.0. The van der Waals surface area contributed by atoms with Crippen LogP contribution < -0.4 is 27.4 Å². The number of rotatable bonds is 33. The van der Waals surface area contributed by atoms with Crippen molar-refractivity contribution in [2.45, 2.75) is 116 Å². The number of nitrogens with one attached hydrogen (secondary N) is 3. The predicted octanol–water partition coefficient (Wildman–Crippen LogP) is 24.6. The molecule has 0 aliphatic heterocycles. The zero-order chi connectivity index (χ0) is 97.7. The Balaban J connectivity index is 0.000000246. The van der Waals surface area contributed by atoms with E-state index in [1.54, 1.807) is 78.9 Å². The first-order valence-corrected chi connectivity index (χ1v) is 47.0. The molecule has 23 heteroatoms. The first-order valence-electron chi connectivity index (χ1n) is 47.0. The van der Waals surface area contributed by atoms with Crippen molar-refractivity contribution in [1.29, 1.82) is 0 Å². The van der Waals surface area contributed by atoms with E-state index in [-0.39, 0.29) is 94.2 Å². The highest BCUT2D eigenvalue weighted by Gasteiger charge is 2.29. The summed E-state index contributed by atoms with van der Waals surface area (Å²) in [4.78, 5) is 74.6. The summed E-state index contributed by atoms with van der Waals surface area (Å²) in [7, 11) is 3.00. The van der Waals surface area contributed by atoms with E-state index < -0.39 is 5.97 Å². The van der Waals surface area contributed by atoms with Crippen molar-refractivity contribution in [3.8, 4) is 66.8 Å². The summed E-state index contributed by atoms with van der Waals surface area (Å²) in [6.45, 7) is 7.67. The number of aliphatic hydroxyl groups is 3. The number of aliphatic hydroxyl groups excluding tert-OH is 3. The van der Waals surface area contributed by atoms with Crippen LogP contribution in [0.1, 0.15) is 178 Å². The molecule has 0 spiro atoms. The number of carboxylic acids is 1. The van der Waals surface area contributed by atoms with Gasteiger partial charge in [-0.05, 0) is 345 Å². The molecule has 4 saturated carbocycles. The summed E-state index contributed by atoms with van der Waals surface area (Å²) in [6, 6.07) is 80.8. The van der Waals surface area contributed by atoms with E-state index in [1.807, 2.05) is 127 Å². The highest BCUT2D eigenvalue weighted by Crippen LogP contribution is 2.39. The van der Waals surface area contributed by atoms with Gasteiger partial charge in [-0.15, -0.1) is 24.8 Å². The maximum atomic E-state index is 13.5. The van der Waals surface area contributed by atoms with Crippen molar-refractivity contribution in [3.63, 3.8) is 0 Å². The third-order valence-corrected chi connectivity index (χ3v) is 25.6. The number of carbonyl (C=O) groups excluding carboxylic acids is 5. The molecule has 16 rings (SSSR count). The third kappa shape index (κ3) is 36.9. The van der Waals surface area contributed by atoms with E-state index in [2.05, 4.69) is 22.9 Å². The predicted molar refractivity (Wildman–Crippen MR) is 547 cm³/mol. The number of halogens is 8. The normalized spacial score (nSPS) is 16.9. The van der Waals surface area contributed by atoms with Crippen LogP contribution in [0.5, 0.6) is 0 Å². The topological polar surface area (TPSA) is 271 Å². The number of hydrogen-bond acceptors (Lipinski definition) is 14. The average molecular weight is 1930 g/mol. The van der Waals surface area contributed by atoms with Crippen LogP contribution in [0.25, 0.3) is 66.8 Å². The van der Waals surface area contributed by atoms with Crippen LogP contribution >= 0.6 is 24.8 Å². The fourth-order valence-corrected chi connectivity index (χ4v) is 18.1. The lowest BCUT2D eigenvalue weighted by Gasteiger charge is -2.13. The Bertz CT molecular complexity index is 5240. The number of hydrogen-bond donors (Lipinski definition) is 9. The number of benzene rings is 12. The van der Waals surface area contributed by atoms with Crippen LogP contribution in [0.3, 0.4) is 0 Å². The van der Waals surface area contributed by atoms with Crippen LogP contribution in [-0.2, 0) is 0 Å². The fourth-order valence-electron chi connectivity index (χ4n) is 18.1. The van der Waals surface area contributed by atoms with Crippen molar-refractivity contribution >= 4 is 59.7 Å². The number of Topliss-reactive ketones (excluding diaryl/α,β-unsaturated/α-hetero) is 5. The first-order chi connectivity index (χ1) is 66.1. The van der Waals surface area contributed by atoms with Gasteiger partial charge in [0.2, 0.25) is 0 Å². The number of aromatic carboxylic acids is 1. The largest absolute Gasteiger partial charge is 0.478 e. The lowest BCUT2D eigenvalue weighted by atomic mass is 9.92. The SMILES string of the molecule is CC[C@H]1CC[C@H](CN)C1.CO.CO.CO.Cl.Cl.NC[C@H]1CC[C@H](CNCC(=O)c2ccccc2)C1.O=C(CC[C@H]1CC[C@H](CNCC(=O)c2ccccc2)C1)c1cc(-c2ccc(F)cc2)cc(-c2ccc(F)cc2)c1.O=C(CC[C@H]1CC[C@H](CNCC(=O)c2ccccc2)C1)c1cc(-c2ccc(F)cc2)cc(-c2ccc(F)cc2)c1.O=C(O)c1cc(-c2ccc(F)cc2)cc(-c2ccc(F)cc2)c1. The molecule has 0 unspecified atom stereocenters. The molecular weight excluding hydrogens is 1800 g/mol. The maximum absolute atomic E-state index is 13.5. The van der Waals surface area contributed by atoms with E-state index in [9.17, 15) is 60.2 Å². The molecule has 0 radical (unpaired) electrons. The minimum Gasteiger partial charge on any atom is -0.478 e. The van der Waals surface area contributed by atoms with Crippen LogP contribution in [0.2, 0.25) is 0 Å². The maximum Gasteiger partial charge on any atom is 0.335 e. The summed E-state index contributed by atoms with van der Waals surface area (Å²) in [6.07, 6.45) is 18.3. The van der Waals surface area contributed by atoms with E-state index in [4.69, 9.17) is 26.8 Å². The molecule has 0 amide bonds. The van der Waals surface area contributed by atoms with E-state index in [0.29, 0.717) is 101 Å². The lowest BCUT2D eigenvalue weighted by Crippen LogP contribution is -2.28. The Morgan fingerprint density at radius 1 is 0.268 bits per heavy atom. The average Bonchev–Trinajstić information content (AvgIpc) is 0.874. The molecule has 11 N–H and O–H groups in total. The minimum atomic E-state index is -1.06. The molecule has 15 nitrogen and oxygen atoms in total. The lowest BCUT2D eigenvalue weighted by molar-refractivity contribution is 0.0695. The molecule has 0 heterocycles. The second kappa shape index (κ2) is 60.9. The van der Waals surface area contributed by atoms with Crippen molar-refractivity contribution in [3.05, 3.63) is 359 Å². The van der Waals surface area contributed by atoms with Gasteiger partial charge in [0, 0.05) is 62.0 Å². The Morgan fingerprint density at radius 2 is 0.478 bits per heavy atom. The van der Waals surface area contributed by atoms with Crippen LogP contribution in [0, 0.1) is 82.2 Å². The van der Waals surface area contributed by atoms with Crippen LogP contribution in [0.4, 0.5) is 26.3 Å². The second-order valence-corrected chi connectivity index (χ2v) is 35.0. The molecule has 732 valence electrons. The number of nitrogens with two attached hydrogens (primary N) is 2. The summed E-state index contributed by atoms with van der Waals surface area (Å²) in [5.74, 6) is 2.70. The van der Waals surface area contributed by atoms with Gasteiger partial charge in [-0.3, -0.25) is 24.0 Å². The number of ketones is 5. The van der Waals surface area contributed by atoms with Crippen molar-refractivity contribution in [2.24, 2.45) is 58.8 Å². The molecule has 0 bridgehead atoms. The molecule has 4 aliphatic carbocycles. The summed E-state index contributed by atoms with van der Waals surface area (Å²) < 4.78 is 80.3. The van der Waals surface area contributed by atoms with Gasteiger partial charge in [0.15, 0.2) is 28.9 Å². The van der Waals surface area contributed by atoms with Crippen molar-refractivity contribution in [1.82, 2.24) is 16.0 Å². The van der Waals surface area contributed by atoms with E-state index in [0.717, 1.165) is 178 Å². The zero-order valence-corrected chi connectivity index (χ0v) is 80.6. The minimum absolute atomic E-state index is 0. The fraction of sp³-hybridized carbons (Fsp3) is 0.322. The smallest absolute Gasteiger partial charge is 0.335 e. The summed E-state index contributed by atoms with van der Waals surface area (Å²) in [5.41, 5.74) is 24.1. The third-order valence-electron chi connectivity index (χ3n) is 25.6. The van der Waals surface area contributed by atoms with Gasteiger partial charge >= 0.3 is 5.97 Å². The Hall–Kier alpha value is -11.7. The summed E-state index contributed by atoms with van der Waals surface area (Å²) in [5, 5.41) is 40.2. The van der Waals surface area contributed by atoms with Crippen molar-refractivity contribution < 1.29 is 75.5 Å². The van der Waals surface area contributed by atoms with E-state index in [1.165, 1.54) is 130 Å². The van der Waals surface area contributed by atoms with Gasteiger partial charge in [-0.1, -0.05) is 196 Å². The highest BCUT2D eigenvalue weighted by molar-refractivity contribution is 6.01. The molecule has 8 atom stereocenters. The molecule has 12 aromatic carbocycles. The van der Waals surface area contributed by atoms with Crippen LogP contribution in [-0.4, -0.2) is 129 Å². The van der Waals surface area contributed by atoms with Gasteiger partial charge in [-0.2, -0.15) is 0 Å². The summed E-state index contributed by atoms with van der Waals surface area (Å²) >= 11 is 0. The highest BCUT2D eigenvalue weighted by atomic mass is 35.5. The van der Waals surface area contributed by atoms with Crippen molar-refractivity contribution in [2.75, 3.05) is 73.7 Å². The van der Waals surface area contributed by atoms with Crippen LogP contribution in [0.15, 0.2) is 291 Å². The number of carbonyl (C=O) groups is 6. The Labute approximate surface area is 821 Å². The quantitative estimate of drug-likeness (QED) is 0.0137. The van der Waals surface area contributed by atoms with Gasteiger partial charge in [0.25, 0.3) is 0 Å². The Morgan fingerprint density at radius 3 is 0.696 bits per heavy atom. The standard InChI is InChI=1S/2C35H33F2NO2.C19H12F2O2.C15H22N2O.C8H17N.3CH4O.2ClH/c2*36-32-13-9-26(10-14-32)29-19-30(27-11-15-33(37)16-12-27)21-31(20-29)34(39)17-8-24-6-7-25(18-24)22-38-23-35(40)28-4-2-1-3-5-28;20-17-5-1-12(2-6-17)14-9-15(11-16(10-14)19(22)23)13-3-7-18(21)8-4-13;16-9-12-6-7-13(8-12)10-17-11-15(18)14-4-2-1-3-5-14;1-2-7-3-4-8(5-7)6-9;3*1-2;;/h2*1-5,9-16,19-21,24-25,38H,6-8,17-18,22-23H2;1-11H,(H,22,23);1-5,12-13,17H,6-11,16H2;7-8H,2-6,9H2,1H3;3*2H,1H3;2*1H/t2*24-,25+;;12-,13-;7-,8-;;;;;/m11.00...../s1. The molecule has 138 heavy (non-hydrogen) atoms. The van der Waals surface area contributed by atoms with Gasteiger partial charge in [0.05, 0.1) is 25.2 Å².